The van der Waals surface area contributed by atoms with Crippen molar-refractivity contribution in [2.24, 2.45) is 5.92 Å². The lowest BCUT2D eigenvalue weighted by atomic mass is 10.0. The van der Waals surface area contributed by atoms with Crippen LogP contribution in [0.15, 0.2) is 64.2 Å². The Labute approximate surface area is 215 Å². The van der Waals surface area contributed by atoms with Gasteiger partial charge in [0, 0.05) is 18.1 Å². The second kappa shape index (κ2) is 11.2. The standard InChI is InChI=1S/C26H30N4O6S/c1-17(2)14-20(29-26(33)23-15-18-8-3-4-10-22(18)36-23)25(32)28-19-9-7-13-30(16-21(19)31)37(34,35)24-11-5-6-12-27-24/h3-6,8,10-12,15,17,19-20H,7,9,13-14,16H2,1-2H3,(H,28,32)(H,29,33)/t19-,20-/m1/s1. The maximum absolute atomic E-state index is 13.2. The van der Waals surface area contributed by atoms with E-state index in [0.29, 0.717) is 18.4 Å². The van der Waals surface area contributed by atoms with E-state index >= 15 is 0 Å². The molecule has 0 saturated carbocycles. The van der Waals surface area contributed by atoms with Crippen molar-refractivity contribution in [2.45, 2.75) is 50.2 Å². The van der Waals surface area contributed by atoms with Crippen molar-refractivity contribution < 1.29 is 27.2 Å². The minimum Gasteiger partial charge on any atom is -0.451 e. The van der Waals surface area contributed by atoms with Gasteiger partial charge in [0.15, 0.2) is 16.6 Å². The number of furan rings is 1. The first-order chi connectivity index (χ1) is 17.6. The van der Waals surface area contributed by atoms with E-state index in [-0.39, 0.29) is 36.2 Å². The van der Waals surface area contributed by atoms with E-state index in [0.717, 1.165) is 9.69 Å². The van der Waals surface area contributed by atoms with Crippen LogP contribution in [0.5, 0.6) is 0 Å². The van der Waals surface area contributed by atoms with E-state index in [2.05, 4.69) is 15.6 Å². The van der Waals surface area contributed by atoms with Crippen LogP contribution >= 0.6 is 0 Å². The second-order valence-corrected chi connectivity index (χ2v) is 11.4. The number of benzene rings is 1. The third kappa shape index (κ3) is 6.23. The molecule has 4 rings (SSSR count). The van der Waals surface area contributed by atoms with E-state index in [1.165, 1.54) is 12.3 Å². The predicted molar refractivity (Wildman–Crippen MR) is 136 cm³/mol. The van der Waals surface area contributed by atoms with Gasteiger partial charge in [0.25, 0.3) is 15.9 Å². The second-order valence-electron chi connectivity index (χ2n) is 9.48. The number of pyridine rings is 1. The molecule has 0 unspecified atom stereocenters. The van der Waals surface area contributed by atoms with Gasteiger partial charge in [-0.05, 0) is 49.4 Å². The third-order valence-corrected chi connectivity index (χ3v) is 7.92. The fraction of sp³-hybridized carbons (Fsp3) is 0.385. The number of ketones is 1. The smallest absolute Gasteiger partial charge is 0.287 e. The van der Waals surface area contributed by atoms with Crippen LogP contribution < -0.4 is 10.6 Å². The maximum Gasteiger partial charge on any atom is 0.287 e. The zero-order valence-electron chi connectivity index (χ0n) is 20.7. The average Bonchev–Trinajstić information content (AvgIpc) is 3.23. The first kappa shape index (κ1) is 26.5. The fourth-order valence-electron chi connectivity index (χ4n) is 4.28. The van der Waals surface area contributed by atoms with Gasteiger partial charge < -0.3 is 15.1 Å². The Morgan fingerprint density at radius 1 is 1.16 bits per heavy atom. The molecule has 196 valence electrons. The molecule has 0 spiro atoms. The lowest BCUT2D eigenvalue weighted by Gasteiger charge is -2.23. The van der Waals surface area contributed by atoms with Crippen molar-refractivity contribution in [3.8, 4) is 0 Å². The van der Waals surface area contributed by atoms with E-state index in [9.17, 15) is 22.8 Å². The van der Waals surface area contributed by atoms with Crippen molar-refractivity contribution in [1.82, 2.24) is 19.9 Å². The number of nitrogens with zero attached hydrogens (tertiary/aromatic N) is 2. The lowest BCUT2D eigenvalue weighted by Crippen LogP contribution is -2.52. The normalized spacial score (nSPS) is 17.9. The molecule has 1 aromatic carbocycles. The molecule has 10 nitrogen and oxygen atoms in total. The van der Waals surface area contributed by atoms with Crippen molar-refractivity contribution in [1.29, 1.82) is 0 Å². The van der Waals surface area contributed by atoms with Gasteiger partial charge in [0.05, 0.1) is 12.6 Å². The number of amides is 2. The van der Waals surface area contributed by atoms with Crippen molar-refractivity contribution in [2.75, 3.05) is 13.1 Å². The molecule has 2 atom stereocenters. The van der Waals surface area contributed by atoms with Gasteiger partial charge in [-0.15, -0.1) is 0 Å². The molecule has 1 aliphatic rings. The number of aromatic nitrogens is 1. The number of hydrogen-bond donors (Lipinski definition) is 2. The molecule has 2 N–H and O–H groups in total. The van der Waals surface area contributed by atoms with Gasteiger partial charge in [-0.3, -0.25) is 14.4 Å². The summed E-state index contributed by atoms with van der Waals surface area (Å²) in [5, 5.41) is 6.11. The summed E-state index contributed by atoms with van der Waals surface area (Å²) in [4.78, 5) is 43.0. The van der Waals surface area contributed by atoms with Crippen LogP contribution in [0.4, 0.5) is 0 Å². The lowest BCUT2D eigenvalue weighted by molar-refractivity contribution is -0.129. The quantitative estimate of drug-likeness (QED) is 0.460. The maximum atomic E-state index is 13.2. The molecule has 1 aliphatic heterocycles. The number of carbonyl (C=O) groups excluding carboxylic acids is 3. The molecule has 0 bridgehead atoms. The number of Topliss-reactive ketones (excluding diaryl/α,β-unsaturated/α-hetero) is 1. The third-order valence-electron chi connectivity index (χ3n) is 6.16. The van der Waals surface area contributed by atoms with Crippen LogP contribution in [-0.4, -0.2) is 60.5 Å². The summed E-state index contributed by atoms with van der Waals surface area (Å²) in [5.41, 5.74) is 0.562. The van der Waals surface area contributed by atoms with Gasteiger partial charge in [-0.25, -0.2) is 13.4 Å². The zero-order valence-corrected chi connectivity index (χ0v) is 21.5. The predicted octanol–water partition coefficient (Wildman–Crippen LogP) is 2.51. The van der Waals surface area contributed by atoms with Crippen LogP contribution in [0.2, 0.25) is 0 Å². The number of nitrogens with one attached hydrogen (secondary N) is 2. The van der Waals surface area contributed by atoms with Crippen LogP contribution in [0.25, 0.3) is 11.0 Å². The Morgan fingerprint density at radius 3 is 2.62 bits per heavy atom. The van der Waals surface area contributed by atoms with Crippen LogP contribution in [-0.2, 0) is 19.6 Å². The van der Waals surface area contributed by atoms with Crippen molar-refractivity contribution in [3.05, 3.63) is 60.5 Å². The highest BCUT2D eigenvalue weighted by Gasteiger charge is 2.35. The first-order valence-corrected chi connectivity index (χ1v) is 13.6. The number of sulfonamides is 1. The Hall–Kier alpha value is -3.57. The molecule has 37 heavy (non-hydrogen) atoms. The average molecular weight is 527 g/mol. The zero-order chi connectivity index (χ0) is 26.6. The molecule has 3 aromatic rings. The molecule has 0 aliphatic carbocycles. The molecule has 2 aromatic heterocycles. The van der Waals surface area contributed by atoms with Crippen molar-refractivity contribution in [3.63, 3.8) is 0 Å². The Kier molecular flexibility index (Phi) is 8.03. The van der Waals surface area contributed by atoms with Gasteiger partial charge >= 0.3 is 0 Å². The summed E-state index contributed by atoms with van der Waals surface area (Å²) >= 11 is 0. The van der Waals surface area contributed by atoms with E-state index in [1.807, 2.05) is 26.0 Å². The van der Waals surface area contributed by atoms with Crippen LogP contribution in [0, 0.1) is 5.92 Å². The fourth-order valence-corrected chi connectivity index (χ4v) is 5.66. The van der Waals surface area contributed by atoms with Gasteiger partial charge in [0.2, 0.25) is 5.91 Å². The summed E-state index contributed by atoms with van der Waals surface area (Å²) in [7, 11) is -3.94. The van der Waals surface area contributed by atoms with E-state index < -0.39 is 39.7 Å². The topological polar surface area (TPSA) is 139 Å². The Bertz CT molecular complexity index is 1350. The first-order valence-electron chi connectivity index (χ1n) is 12.2. The molecule has 2 amide bonds. The van der Waals surface area contributed by atoms with Gasteiger partial charge in [-0.1, -0.05) is 38.1 Å². The summed E-state index contributed by atoms with van der Waals surface area (Å²) in [6.45, 7) is 3.61. The highest BCUT2D eigenvalue weighted by molar-refractivity contribution is 7.89. The molecule has 0 radical (unpaired) electrons. The number of fused-ring (bicyclic) bond motifs is 1. The monoisotopic (exact) mass is 526 g/mol. The molecule has 1 fully saturated rings. The molecular formula is C26H30N4O6S. The minimum atomic E-state index is -3.94. The number of para-hydroxylation sites is 1. The molecule has 3 heterocycles. The SMILES string of the molecule is CC(C)C[C@@H](NC(=O)c1cc2ccccc2o1)C(=O)N[C@@H]1CCCN(S(=O)(=O)c2ccccn2)CC1=O. The Balaban J connectivity index is 1.44. The van der Waals surface area contributed by atoms with E-state index in [1.54, 1.807) is 30.3 Å². The molecule has 1 saturated heterocycles. The Morgan fingerprint density at radius 2 is 1.92 bits per heavy atom. The summed E-state index contributed by atoms with van der Waals surface area (Å²) in [6.07, 6.45) is 2.39. The van der Waals surface area contributed by atoms with E-state index in [4.69, 9.17) is 4.42 Å². The van der Waals surface area contributed by atoms with Gasteiger partial charge in [-0.2, -0.15) is 4.31 Å². The summed E-state index contributed by atoms with van der Waals surface area (Å²) in [5.74, 6) is -1.29. The van der Waals surface area contributed by atoms with Crippen LogP contribution in [0.1, 0.15) is 43.7 Å². The molecule has 11 heteroatoms. The molecular weight excluding hydrogens is 496 g/mol. The number of carbonyl (C=O) groups is 3. The van der Waals surface area contributed by atoms with Crippen LogP contribution in [0.3, 0.4) is 0 Å². The number of hydrogen-bond acceptors (Lipinski definition) is 7. The summed E-state index contributed by atoms with van der Waals surface area (Å²) in [6, 6.07) is 11.6. The highest BCUT2D eigenvalue weighted by atomic mass is 32.2. The summed E-state index contributed by atoms with van der Waals surface area (Å²) < 4.78 is 32.6. The highest BCUT2D eigenvalue weighted by Crippen LogP contribution is 2.20. The van der Waals surface area contributed by atoms with Gasteiger partial charge in [0.1, 0.15) is 11.6 Å². The van der Waals surface area contributed by atoms with Crippen molar-refractivity contribution >= 4 is 38.6 Å². The number of rotatable bonds is 8. The largest absolute Gasteiger partial charge is 0.451 e. The minimum absolute atomic E-state index is 0.0792.